The molecule has 3 fully saturated rings. The van der Waals surface area contributed by atoms with Crippen molar-refractivity contribution < 1.29 is 28.5 Å². The highest BCUT2D eigenvalue weighted by Crippen LogP contribution is 2.69. The summed E-state index contributed by atoms with van der Waals surface area (Å²) in [6.45, 7) is 2.88. The second-order valence-electron chi connectivity index (χ2n) is 9.54. The molecule has 1 saturated heterocycles. The highest BCUT2D eigenvalue weighted by atomic mass is 16.7. The molecule has 2 saturated carbocycles. The minimum atomic E-state index is -0.580. The number of aliphatic hydroxyl groups is 1. The van der Waals surface area contributed by atoms with Crippen molar-refractivity contribution >= 4 is 5.97 Å². The zero-order chi connectivity index (χ0) is 20.2. The topological polar surface area (TPSA) is 78.1 Å². The molecule has 2 heterocycles. The van der Waals surface area contributed by atoms with Crippen LogP contribution in [0.25, 0.3) is 0 Å². The lowest BCUT2D eigenvalue weighted by molar-refractivity contribution is -0.333. The Balaban J connectivity index is 1.61. The summed E-state index contributed by atoms with van der Waals surface area (Å²) in [6.07, 6.45) is 7.15. The molecule has 1 N–H and O–H groups in total. The normalized spacial score (nSPS) is 43.1. The van der Waals surface area contributed by atoms with Gasteiger partial charge in [0.05, 0.1) is 38.6 Å². The van der Waals surface area contributed by atoms with Crippen LogP contribution < -0.4 is 0 Å². The van der Waals surface area contributed by atoms with E-state index in [0.29, 0.717) is 24.4 Å². The second-order valence-corrected chi connectivity index (χ2v) is 9.54. The van der Waals surface area contributed by atoms with Gasteiger partial charge in [-0.1, -0.05) is 13.3 Å². The number of carbonyl (C=O) groups is 1. The van der Waals surface area contributed by atoms with Gasteiger partial charge in [0.25, 0.3) is 0 Å². The third kappa shape index (κ3) is 2.55. The molecule has 160 valence electrons. The van der Waals surface area contributed by atoms with E-state index in [4.69, 9.17) is 18.6 Å². The van der Waals surface area contributed by atoms with Crippen LogP contribution in [0, 0.1) is 28.6 Å². The summed E-state index contributed by atoms with van der Waals surface area (Å²) in [5.74, 6) is 2.41. The predicted molar refractivity (Wildman–Crippen MR) is 104 cm³/mol. The van der Waals surface area contributed by atoms with E-state index in [1.54, 1.807) is 0 Å². The molecular weight excluding hydrogens is 372 g/mol. The zero-order valence-electron chi connectivity index (χ0n) is 17.4. The van der Waals surface area contributed by atoms with Crippen molar-refractivity contribution in [2.45, 2.75) is 57.7 Å². The van der Waals surface area contributed by atoms with Gasteiger partial charge in [0, 0.05) is 11.8 Å². The molecule has 0 radical (unpaired) electrons. The fraction of sp³-hybridized carbons (Fsp3) is 0.783. The average molecular weight is 405 g/mol. The molecule has 2 unspecified atom stereocenters. The number of ether oxygens (including phenoxy) is 3. The molecule has 29 heavy (non-hydrogen) atoms. The van der Waals surface area contributed by atoms with Crippen LogP contribution >= 0.6 is 0 Å². The van der Waals surface area contributed by atoms with E-state index >= 15 is 0 Å². The third-order valence-corrected chi connectivity index (χ3v) is 8.75. The van der Waals surface area contributed by atoms with Crippen LogP contribution in [-0.4, -0.2) is 44.3 Å². The summed E-state index contributed by atoms with van der Waals surface area (Å²) < 4.78 is 23.7. The van der Waals surface area contributed by atoms with Crippen molar-refractivity contribution in [2.75, 3.05) is 26.9 Å². The molecule has 7 atom stereocenters. The van der Waals surface area contributed by atoms with E-state index in [9.17, 15) is 9.90 Å². The Morgan fingerprint density at radius 3 is 3.00 bits per heavy atom. The molecule has 1 aliphatic heterocycles. The maximum atomic E-state index is 13.1. The van der Waals surface area contributed by atoms with Crippen molar-refractivity contribution in [1.82, 2.24) is 0 Å². The second kappa shape index (κ2) is 7.10. The minimum Gasteiger partial charge on any atom is -0.469 e. The molecule has 0 amide bonds. The number of hydrogen-bond donors (Lipinski definition) is 1. The molecule has 4 aliphatic rings. The van der Waals surface area contributed by atoms with Crippen LogP contribution in [0.5, 0.6) is 0 Å². The summed E-state index contributed by atoms with van der Waals surface area (Å²) in [6, 6.07) is 2.12. The number of methoxy groups -OCH3 is 1. The molecule has 1 aromatic rings. The standard InChI is InChI=1S/C23H32O6/c1-14-15-4-5-19-22(20(25)26-2)7-3-8-23(19,21(29-13-22)28-11-9-24)17(15)12-18-16(14)6-10-27-18/h6,10,14-15,17,19,21,24H,3-5,7-9,11-13H2,1-2H3/t14-,15+,17+,19+,21-,22?,23?/m1/s1. The van der Waals surface area contributed by atoms with E-state index in [1.807, 2.05) is 6.26 Å². The van der Waals surface area contributed by atoms with Crippen LogP contribution in [-0.2, 0) is 25.4 Å². The van der Waals surface area contributed by atoms with Crippen LogP contribution in [0.3, 0.4) is 0 Å². The monoisotopic (exact) mass is 404 g/mol. The van der Waals surface area contributed by atoms with Crippen molar-refractivity contribution in [3.8, 4) is 0 Å². The summed E-state index contributed by atoms with van der Waals surface area (Å²) >= 11 is 0. The zero-order valence-corrected chi connectivity index (χ0v) is 17.4. The van der Waals surface area contributed by atoms with Crippen molar-refractivity contribution in [1.29, 1.82) is 0 Å². The Hall–Kier alpha value is -1.37. The molecule has 0 aromatic carbocycles. The molecule has 5 rings (SSSR count). The predicted octanol–water partition coefficient (Wildman–Crippen LogP) is 3.28. The maximum Gasteiger partial charge on any atom is 0.314 e. The molecule has 3 aliphatic carbocycles. The number of hydrogen-bond acceptors (Lipinski definition) is 6. The van der Waals surface area contributed by atoms with Crippen LogP contribution in [0.1, 0.15) is 56.3 Å². The van der Waals surface area contributed by atoms with Crippen molar-refractivity contribution in [3.63, 3.8) is 0 Å². The van der Waals surface area contributed by atoms with E-state index in [0.717, 1.165) is 44.3 Å². The number of fused-ring (bicyclic) bond motifs is 2. The van der Waals surface area contributed by atoms with E-state index in [-0.39, 0.29) is 30.5 Å². The number of carbonyl (C=O) groups excluding carboxylic acids is 1. The Bertz CT molecular complexity index is 773. The van der Waals surface area contributed by atoms with Gasteiger partial charge in [-0.3, -0.25) is 4.79 Å². The Labute approximate surface area is 171 Å². The van der Waals surface area contributed by atoms with Crippen molar-refractivity contribution in [2.24, 2.45) is 28.6 Å². The fourth-order valence-corrected chi connectivity index (χ4v) is 7.69. The minimum absolute atomic E-state index is 0.0322. The lowest BCUT2D eigenvalue weighted by Crippen LogP contribution is -2.68. The lowest BCUT2D eigenvalue weighted by atomic mass is 9.41. The van der Waals surface area contributed by atoms with Crippen LogP contribution in [0.2, 0.25) is 0 Å². The first-order valence-electron chi connectivity index (χ1n) is 11.1. The first-order valence-corrected chi connectivity index (χ1v) is 11.1. The van der Waals surface area contributed by atoms with Gasteiger partial charge in [-0.05, 0) is 61.0 Å². The Kier molecular flexibility index (Phi) is 4.80. The Morgan fingerprint density at radius 1 is 1.34 bits per heavy atom. The van der Waals surface area contributed by atoms with Gasteiger partial charge in [-0.2, -0.15) is 0 Å². The first-order chi connectivity index (χ1) is 14.1. The SMILES string of the molecule is COC(=O)C12CCCC3([C@H](OCCO)OC1)[C@H]1Cc4occc4[C@H](C)[C@@H]1CC[C@@H]23. The van der Waals surface area contributed by atoms with E-state index in [2.05, 4.69) is 13.0 Å². The summed E-state index contributed by atoms with van der Waals surface area (Å²) in [5.41, 5.74) is 0.506. The molecule has 2 bridgehead atoms. The summed E-state index contributed by atoms with van der Waals surface area (Å²) in [5, 5.41) is 9.40. The van der Waals surface area contributed by atoms with Crippen LogP contribution in [0.4, 0.5) is 0 Å². The molecule has 6 heteroatoms. The quantitative estimate of drug-likeness (QED) is 0.776. The van der Waals surface area contributed by atoms with Crippen molar-refractivity contribution in [3.05, 3.63) is 23.7 Å². The Morgan fingerprint density at radius 2 is 2.21 bits per heavy atom. The number of furan rings is 1. The van der Waals surface area contributed by atoms with Gasteiger partial charge in [0.2, 0.25) is 0 Å². The largest absolute Gasteiger partial charge is 0.469 e. The number of rotatable bonds is 4. The first kappa shape index (κ1) is 19.6. The summed E-state index contributed by atoms with van der Waals surface area (Å²) in [4.78, 5) is 13.1. The summed E-state index contributed by atoms with van der Waals surface area (Å²) in [7, 11) is 1.49. The van der Waals surface area contributed by atoms with Gasteiger partial charge in [0.1, 0.15) is 5.76 Å². The van der Waals surface area contributed by atoms with Gasteiger partial charge < -0.3 is 23.7 Å². The molecule has 0 spiro atoms. The van der Waals surface area contributed by atoms with Crippen LogP contribution in [0.15, 0.2) is 16.7 Å². The number of esters is 1. The molecule has 1 aromatic heterocycles. The highest BCUT2D eigenvalue weighted by Gasteiger charge is 2.70. The van der Waals surface area contributed by atoms with Gasteiger partial charge in [0.15, 0.2) is 6.29 Å². The molecular formula is C23H32O6. The highest BCUT2D eigenvalue weighted by molar-refractivity contribution is 5.78. The average Bonchev–Trinajstić information content (AvgIpc) is 3.21. The van der Waals surface area contributed by atoms with Gasteiger partial charge >= 0.3 is 5.97 Å². The third-order valence-electron chi connectivity index (χ3n) is 8.75. The van der Waals surface area contributed by atoms with E-state index in [1.165, 1.54) is 12.7 Å². The molecule has 6 nitrogen and oxygen atoms in total. The number of aliphatic hydroxyl groups excluding tert-OH is 1. The lowest BCUT2D eigenvalue weighted by Gasteiger charge is -2.66. The van der Waals surface area contributed by atoms with Gasteiger partial charge in [-0.25, -0.2) is 0 Å². The fourth-order valence-electron chi connectivity index (χ4n) is 7.69. The van der Waals surface area contributed by atoms with E-state index < -0.39 is 11.7 Å². The maximum absolute atomic E-state index is 13.1. The smallest absolute Gasteiger partial charge is 0.314 e. The van der Waals surface area contributed by atoms with Gasteiger partial charge in [-0.15, -0.1) is 0 Å².